The van der Waals surface area contributed by atoms with E-state index in [1.165, 1.54) is 5.56 Å². The molecule has 1 heterocycles. The van der Waals surface area contributed by atoms with Crippen LogP contribution in [-0.4, -0.2) is 25.8 Å². The Bertz CT molecular complexity index is 444. The van der Waals surface area contributed by atoms with Crippen LogP contribution in [0.5, 0.6) is 0 Å². The highest BCUT2D eigenvalue weighted by Gasteiger charge is 2.20. The molecule has 1 aromatic carbocycles. The maximum Gasteiger partial charge on any atom is 0.101 e. The van der Waals surface area contributed by atoms with Gasteiger partial charge >= 0.3 is 0 Å². The van der Waals surface area contributed by atoms with Crippen molar-refractivity contribution in [2.45, 2.75) is 32.8 Å². The molecule has 0 N–H and O–H groups in total. The molecule has 0 aliphatic carbocycles. The van der Waals surface area contributed by atoms with E-state index in [0.717, 1.165) is 43.8 Å². The Kier molecular flexibility index (Phi) is 4.22. The minimum atomic E-state index is 0.317. The highest BCUT2D eigenvalue weighted by molar-refractivity contribution is 5.60. The molecule has 1 aliphatic heterocycles. The topological polar surface area (TPSA) is 36.3 Å². The third kappa shape index (κ3) is 2.83. The van der Waals surface area contributed by atoms with Crippen LogP contribution in [0.15, 0.2) is 18.2 Å². The number of anilines is 1. The van der Waals surface area contributed by atoms with E-state index in [0.29, 0.717) is 6.10 Å². The molecule has 1 fully saturated rings. The lowest BCUT2D eigenvalue weighted by molar-refractivity contribution is 0.115. The third-order valence-electron chi connectivity index (χ3n) is 3.44. The van der Waals surface area contributed by atoms with Crippen molar-refractivity contribution in [1.29, 1.82) is 5.26 Å². The van der Waals surface area contributed by atoms with Crippen LogP contribution in [-0.2, 0) is 4.74 Å². The van der Waals surface area contributed by atoms with Crippen LogP contribution in [0, 0.1) is 18.3 Å². The largest absolute Gasteiger partial charge is 0.376 e. The van der Waals surface area contributed by atoms with Crippen molar-refractivity contribution in [2.24, 2.45) is 0 Å². The maximum absolute atomic E-state index is 9.21. The quantitative estimate of drug-likeness (QED) is 0.817. The van der Waals surface area contributed by atoms with Crippen LogP contribution in [0.25, 0.3) is 0 Å². The fourth-order valence-corrected chi connectivity index (χ4v) is 2.43. The first-order valence-electron chi connectivity index (χ1n) is 6.62. The van der Waals surface area contributed by atoms with Crippen molar-refractivity contribution in [3.63, 3.8) is 0 Å². The predicted molar refractivity (Wildman–Crippen MR) is 72.8 cm³/mol. The Labute approximate surface area is 109 Å². The molecule has 2 rings (SSSR count). The van der Waals surface area contributed by atoms with Crippen molar-refractivity contribution >= 4 is 5.69 Å². The highest BCUT2D eigenvalue weighted by Crippen LogP contribution is 2.24. The fraction of sp³-hybridized carbons (Fsp3) is 0.533. The summed E-state index contributed by atoms with van der Waals surface area (Å²) in [5.74, 6) is 0. The number of hydrogen-bond acceptors (Lipinski definition) is 3. The van der Waals surface area contributed by atoms with Gasteiger partial charge in [0.1, 0.15) is 6.07 Å². The third-order valence-corrected chi connectivity index (χ3v) is 3.44. The van der Waals surface area contributed by atoms with Crippen LogP contribution in [0.3, 0.4) is 0 Å². The monoisotopic (exact) mass is 244 g/mol. The van der Waals surface area contributed by atoms with Gasteiger partial charge in [0.2, 0.25) is 0 Å². The lowest BCUT2D eigenvalue weighted by Gasteiger charge is -2.27. The average molecular weight is 244 g/mol. The molecule has 0 saturated carbocycles. The second kappa shape index (κ2) is 5.88. The lowest BCUT2D eigenvalue weighted by Crippen LogP contribution is -2.32. The second-order valence-corrected chi connectivity index (χ2v) is 4.81. The summed E-state index contributed by atoms with van der Waals surface area (Å²) in [5.41, 5.74) is 2.98. The van der Waals surface area contributed by atoms with Crippen molar-refractivity contribution in [1.82, 2.24) is 0 Å². The van der Waals surface area contributed by atoms with E-state index in [-0.39, 0.29) is 0 Å². The van der Waals surface area contributed by atoms with Gasteiger partial charge in [-0.25, -0.2) is 0 Å². The zero-order chi connectivity index (χ0) is 13.0. The number of benzene rings is 1. The second-order valence-electron chi connectivity index (χ2n) is 4.81. The van der Waals surface area contributed by atoms with Crippen molar-refractivity contribution < 1.29 is 4.74 Å². The number of aryl methyl sites for hydroxylation is 1. The van der Waals surface area contributed by atoms with Crippen molar-refractivity contribution in [3.8, 4) is 6.07 Å². The molecular weight excluding hydrogens is 224 g/mol. The molecule has 1 atom stereocenters. The smallest absolute Gasteiger partial charge is 0.101 e. The molecular formula is C15H20N2O. The Hall–Kier alpha value is -1.53. The Balaban J connectivity index is 2.20. The molecule has 0 radical (unpaired) electrons. The van der Waals surface area contributed by atoms with Gasteiger partial charge < -0.3 is 9.64 Å². The summed E-state index contributed by atoms with van der Waals surface area (Å²) in [6, 6.07) is 8.27. The highest BCUT2D eigenvalue weighted by atomic mass is 16.5. The normalized spacial score (nSPS) is 18.6. The average Bonchev–Trinajstić information content (AvgIpc) is 2.88. The zero-order valence-electron chi connectivity index (χ0n) is 11.1. The van der Waals surface area contributed by atoms with Gasteiger partial charge in [0.25, 0.3) is 0 Å². The zero-order valence-corrected chi connectivity index (χ0v) is 11.1. The van der Waals surface area contributed by atoms with E-state index in [2.05, 4.69) is 30.9 Å². The van der Waals surface area contributed by atoms with Crippen LogP contribution in [0.1, 0.15) is 30.9 Å². The first-order chi connectivity index (χ1) is 8.74. The minimum absolute atomic E-state index is 0.317. The summed E-state index contributed by atoms with van der Waals surface area (Å²) < 4.78 is 5.69. The van der Waals surface area contributed by atoms with E-state index in [4.69, 9.17) is 4.74 Å². The van der Waals surface area contributed by atoms with Crippen molar-refractivity contribution in [3.05, 3.63) is 29.3 Å². The first kappa shape index (κ1) is 12.9. The van der Waals surface area contributed by atoms with Gasteiger partial charge in [-0.3, -0.25) is 0 Å². The summed E-state index contributed by atoms with van der Waals surface area (Å²) >= 11 is 0. The van der Waals surface area contributed by atoms with Gasteiger partial charge in [0, 0.05) is 19.7 Å². The molecule has 0 spiro atoms. The molecule has 1 aromatic rings. The molecule has 0 aromatic heterocycles. The summed E-state index contributed by atoms with van der Waals surface area (Å²) in [4.78, 5) is 2.25. The van der Waals surface area contributed by atoms with Crippen LogP contribution in [0.2, 0.25) is 0 Å². The van der Waals surface area contributed by atoms with E-state index in [9.17, 15) is 5.26 Å². The summed E-state index contributed by atoms with van der Waals surface area (Å²) in [6.45, 7) is 6.84. The molecule has 1 unspecified atom stereocenters. The molecule has 1 saturated heterocycles. The molecule has 1 aliphatic rings. The van der Waals surface area contributed by atoms with Crippen molar-refractivity contribution in [2.75, 3.05) is 24.6 Å². The van der Waals surface area contributed by atoms with Crippen LogP contribution in [0.4, 0.5) is 5.69 Å². The Morgan fingerprint density at radius 3 is 2.94 bits per heavy atom. The van der Waals surface area contributed by atoms with Gasteiger partial charge in [0.05, 0.1) is 17.4 Å². The van der Waals surface area contributed by atoms with E-state index >= 15 is 0 Å². The standard InChI is InChI=1S/C15H20N2O/c1-3-17(11-14-5-4-8-18-14)15-9-12(2)6-7-13(15)10-16/h6-7,9,14H,3-5,8,11H2,1-2H3. The molecule has 0 bridgehead atoms. The summed E-state index contributed by atoms with van der Waals surface area (Å²) in [5, 5.41) is 9.21. The minimum Gasteiger partial charge on any atom is -0.376 e. The molecule has 96 valence electrons. The summed E-state index contributed by atoms with van der Waals surface area (Å²) in [7, 11) is 0. The lowest BCUT2D eigenvalue weighted by atomic mass is 10.1. The Morgan fingerprint density at radius 1 is 1.50 bits per heavy atom. The van der Waals surface area contributed by atoms with E-state index < -0.39 is 0 Å². The number of ether oxygens (including phenoxy) is 1. The number of hydrogen-bond donors (Lipinski definition) is 0. The Morgan fingerprint density at radius 2 is 2.33 bits per heavy atom. The predicted octanol–water partition coefficient (Wildman–Crippen LogP) is 2.87. The number of likely N-dealkylation sites (N-methyl/N-ethyl adjacent to an activating group) is 1. The maximum atomic E-state index is 9.21. The number of nitriles is 1. The van der Waals surface area contributed by atoms with Crippen LogP contribution >= 0.6 is 0 Å². The van der Waals surface area contributed by atoms with E-state index in [1.54, 1.807) is 0 Å². The number of rotatable bonds is 4. The van der Waals surface area contributed by atoms with Gasteiger partial charge in [-0.2, -0.15) is 5.26 Å². The van der Waals surface area contributed by atoms with E-state index in [1.807, 2.05) is 12.1 Å². The fourth-order valence-electron chi connectivity index (χ4n) is 2.43. The van der Waals surface area contributed by atoms with Gasteiger partial charge in [-0.05, 0) is 44.4 Å². The molecule has 3 nitrogen and oxygen atoms in total. The van der Waals surface area contributed by atoms with Gasteiger partial charge in [0.15, 0.2) is 0 Å². The molecule has 0 amide bonds. The summed E-state index contributed by atoms with van der Waals surface area (Å²) in [6.07, 6.45) is 2.60. The van der Waals surface area contributed by atoms with Gasteiger partial charge in [-0.1, -0.05) is 6.07 Å². The molecule has 18 heavy (non-hydrogen) atoms. The first-order valence-corrected chi connectivity index (χ1v) is 6.62. The SMILES string of the molecule is CCN(CC1CCCO1)c1cc(C)ccc1C#N. The van der Waals surface area contributed by atoms with Gasteiger partial charge in [-0.15, -0.1) is 0 Å². The molecule has 3 heteroatoms. The number of nitrogens with zero attached hydrogens (tertiary/aromatic N) is 2. The van der Waals surface area contributed by atoms with Crippen LogP contribution < -0.4 is 4.90 Å².